The van der Waals surface area contributed by atoms with Gasteiger partial charge in [-0.25, -0.2) is 0 Å². The van der Waals surface area contributed by atoms with Gasteiger partial charge in [0.25, 0.3) is 0 Å². The van der Waals surface area contributed by atoms with Crippen molar-refractivity contribution in [3.8, 4) is 11.5 Å². The summed E-state index contributed by atoms with van der Waals surface area (Å²) in [5.41, 5.74) is 6.95. The maximum Gasteiger partial charge on any atom is 0.163 e. The van der Waals surface area contributed by atoms with Crippen LogP contribution in [-0.4, -0.2) is 18.0 Å². The van der Waals surface area contributed by atoms with E-state index in [0.29, 0.717) is 12.2 Å². The molecule has 0 aromatic heterocycles. The van der Waals surface area contributed by atoms with Crippen molar-refractivity contribution in [2.45, 2.75) is 38.1 Å². The highest BCUT2D eigenvalue weighted by Gasteiger charge is 2.36. The van der Waals surface area contributed by atoms with Gasteiger partial charge in [0, 0.05) is 17.7 Å². The van der Waals surface area contributed by atoms with Crippen LogP contribution in [0.1, 0.15) is 48.4 Å². The monoisotopic (exact) mass is 440 g/mol. The van der Waals surface area contributed by atoms with Crippen molar-refractivity contribution in [2.24, 2.45) is 0 Å². The van der Waals surface area contributed by atoms with Gasteiger partial charge in [-0.2, -0.15) is 0 Å². The highest BCUT2D eigenvalue weighted by molar-refractivity contribution is 6.01. The lowest BCUT2D eigenvalue weighted by Crippen LogP contribution is -2.26. The fraction of sp³-hybridized carbons (Fsp3) is 0.250. The molecule has 0 bridgehead atoms. The molecule has 33 heavy (non-hydrogen) atoms. The normalized spacial score (nSPS) is 19.6. The summed E-state index contributed by atoms with van der Waals surface area (Å²) >= 11 is 0. The van der Waals surface area contributed by atoms with Gasteiger partial charge >= 0.3 is 0 Å². The van der Waals surface area contributed by atoms with E-state index in [2.05, 4.69) is 41.8 Å². The van der Waals surface area contributed by atoms with Gasteiger partial charge in [0.05, 0.1) is 24.5 Å². The van der Waals surface area contributed by atoms with Crippen molar-refractivity contribution in [3.63, 3.8) is 0 Å². The topological polar surface area (TPSA) is 70.6 Å². The van der Waals surface area contributed by atoms with E-state index in [1.807, 2.05) is 30.3 Å². The summed E-state index contributed by atoms with van der Waals surface area (Å²) in [6.45, 7) is 2.15. The Morgan fingerprint density at radius 3 is 2.42 bits per heavy atom. The Morgan fingerprint density at radius 2 is 1.70 bits per heavy atom. The number of fused-ring (bicyclic) bond motifs is 1. The van der Waals surface area contributed by atoms with Gasteiger partial charge < -0.3 is 20.5 Å². The minimum Gasteiger partial charge on any atom is -0.504 e. The van der Waals surface area contributed by atoms with Crippen molar-refractivity contribution in [1.82, 2.24) is 0 Å². The predicted octanol–water partition coefficient (Wildman–Crippen LogP) is 5.94. The number of carbonyl (C=O) groups is 1. The first-order valence-corrected chi connectivity index (χ1v) is 11.4. The van der Waals surface area contributed by atoms with Gasteiger partial charge in [0.1, 0.15) is 0 Å². The Bertz CT molecular complexity index is 1230. The number of aromatic hydroxyl groups is 1. The van der Waals surface area contributed by atoms with E-state index in [-0.39, 0.29) is 23.5 Å². The average molecular weight is 441 g/mol. The second kappa shape index (κ2) is 8.66. The van der Waals surface area contributed by atoms with Crippen LogP contribution >= 0.6 is 0 Å². The maximum absolute atomic E-state index is 13.6. The number of anilines is 2. The highest BCUT2D eigenvalue weighted by Crippen LogP contribution is 2.45. The SMILES string of the molecule is CCc1ccc(C2CC(=O)C3=C(C2)Nc2ccccc2NC3c2ccc(O)c(OC)c2)cc1. The molecule has 5 rings (SSSR count). The number of phenolic OH excluding ortho intramolecular Hbond substituents is 1. The zero-order valence-corrected chi connectivity index (χ0v) is 18.9. The molecule has 0 saturated heterocycles. The van der Waals surface area contributed by atoms with Crippen molar-refractivity contribution in [2.75, 3.05) is 17.7 Å². The molecule has 0 fully saturated rings. The van der Waals surface area contributed by atoms with Crippen LogP contribution in [0.3, 0.4) is 0 Å². The second-order valence-corrected chi connectivity index (χ2v) is 8.69. The summed E-state index contributed by atoms with van der Waals surface area (Å²) in [7, 11) is 1.53. The Balaban J connectivity index is 1.59. The third-order valence-electron chi connectivity index (χ3n) is 6.71. The van der Waals surface area contributed by atoms with Crippen molar-refractivity contribution in [3.05, 3.63) is 94.7 Å². The molecule has 1 aliphatic heterocycles. The molecule has 0 saturated carbocycles. The lowest BCUT2D eigenvalue weighted by Gasteiger charge is -2.30. The predicted molar refractivity (Wildman–Crippen MR) is 131 cm³/mol. The van der Waals surface area contributed by atoms with Crippen LogP contribution in [0.2, 0.25) is 0 Å². The van der Waals surface area contributed by atoms with Crippen molar-refractivity contribution < 1.29 is 14.6 Å². The van der Waals surface area contributed by atoms with Crippen LogP contribution in [0, 0.1) is 0 Å². The van der Waals surface area contributed by atoms with E-state index in [4.69, 9.17) is 4.74 Å². The third kappa shape index (κ3) is 3.95. The van der Waals surface area contributed by atoms with Gasteiger partial charge in [0.2, 0.25) is 0 Å². The zero-order chi connectivity index (χ0) is 22.9. The smallest absolute Gasteiger partial charge is 0.163 e. The Hall–Kier alpha value is -3.73. The molecule has 3 aromatic rings. The lowest BCUT2D eigenvalue weighted by molar-refractivity contribution is -0.116. The van der Waals surface area contributed by atoms with Crippen LogP contribution in [0.15, 0.2) is 78.0 Å². The summed E-state index contributed by atoms with van der Waals surface area (Å²) in [4.78, 5) is 13.6. The summed E-state index contributed by atoms with van der Waals surface area (Å²) in [5.74, 6) is 0.729. The number of phenols is 1. The number of aryl methyl sites for hydroxylation is 1. The number of methoxy groups -OCH3 is 1. The lowest BCUT2D eigenvalue weighted by atomic mass is 9.78. The molecule has 168 valence electrons. The number of para-hydroxylation sites is 2. The molecule has 2 atom stereocenters. The van der Waals surface area contributed by atoms with Crippen LogP contribution in [0.5, 0.6) is 11.5 Å². The Labute approximate surface area is 194 Å². The standard InChI is InChI=1S/C28H28N2O3/c1-3-17-8-10-18(11-9-17)20-14-23-27(25(32)15-20)28(19-12-13-24(31)26(16-19)33-2)30-22-7-5-4-6-21(22)29-23/h4-13,16,20,28-31H,3,14-15H2,1-2H3. The summed E-state index contributed by atoms with van der Waals surface area (Å²) in [5, 5.41) is 17.2. The molecule has 5 heteroatoms. The number of hydrogen-bond acceptors (Lipinski definition) is 5. The van der Waals surface area contributed by atoms with E-state index in [1.54, 1.807) is 12.1 Å². The summed E-state index contributed by atoms with van der Waals surface area (Å²) in [6.07, 6.45) is 2.23. The van der Waals surface area contributed by atoms with E-state index < -0.39 is 0 Å². The zero-order valence-electron chi connectivity index (χ0n) is 18.9. The molecule has 0 amide bonds. The number of rotatable bonds is 4. The fourth-order valence-electron chi connectivity index (χ4n) is 4.88. The molecule has 5 nitrogen and oxygen atoms in total. The number of allylic oxidation sites excluding steroid dienone is 1. The van der Waals surface area contributed by atoms with Crippen LogP contribution < -0.4 is 15.4 Å². The summed E-state index contributed by atoms with van der Waals surface area (Å²) < 4.78 is 5.34. The molecule has 1 heterocycles. The van der Waals surface area contributed by atoms with Gasteiger partial charge in [0.15, 0.2) is 17.3 Å². The van der Waals surface area contributed by atoms with Crippen LogP contribution in [0.4, 0.5) is 11.4 Å². The molecule has 3 N–H and O–H groups in total. The molecular formula is C28H28N2O3. The number of ether oxygens (including phenoxy) is 1. The molecule has 2 aliphatic rings. The van der Waals surface area contributed by atoms with E-state index >= 15 is 0 Å². The van der Waals surface area contributed by atoms with Gasteiger partial charge in [-0.05, 0) is 59.7 Å². The van der Waals surface area contributed by atoms with E-state index in [0.717, 1.165) is 41.1 Å². The molecule has 1 aliphatic carbocycles. The number of ketones is 1. The Morgan fingerprint density at radius 1 is 0.970 bits per heavy atom. The minimum absolute atomic E-state index is 0.0770. The number of carbonyl (C=O) groups excluding carboxylic acids is 1. The Kier molecular flexibility index (Phi) is 5.55. The van der Waals surface area contributed by atoms with E-state index in [9.17, 15) is 9.90 Å². The van der Waals surface area contributed by atoms with Crippen molar-refractivity contribution >= 4 is 17.2 Å². The maximum atomic E-state index is 13.6. The largest absolute Gasteiger partial charge is 0.504 e. The average Bonchev–Trinajstić information content (AvgIpc) is 3.01. The van der Waals surface area contributed by atoms with Crippen LogP contribution in [-0.2, 0) is 11.2 Å². The summed E-state index contributed by atoms with van der Waals surface area (Å²) in [6, 6.07) is 21.6. The van der Waals surface area contributed by atoms with Crippen LogP contribution in [0.25, 0.3) is 0 Å². The number of Topliss-reactive ketones (excluding diaryl/α,β-unsaturated/α-hetero) is 1. The first-order chi connectivity index (χ1) is 16.1. The number of nitrogens with one attached hydrogen (secondary N) is 2. The first-order valence-electron chi connectivity index (χ1n) is 11.4. The minimum atomic E-state index is -0.346. The molecular weight excluding hydrogens is 412 g/mol. The van der Waals surface area contributed by atoms with Gasteiger partial charge in [-0.15, -0.1) is 0 Å². The third-order valence-corrected chi connectivity index (χ3v) is 6.71. The molecule has 0 radical (unpaired) electrons. The number of benzene rings is 3. The first kappa shape index (κ1) is 21.1. The molecule has 3 aromatic carbocycles. The quantitative estimate of drug-likeness (QED) is 0.468. The fourth-order valence-corrected chi connectivity index (χ4v) is 4.88. The second-order valence-electron chi connectivity index (χ2n) is 8.69. The van der Waals surface area contributed by atoms with Gasteiger partial charge in [-0.1, -0.05) is 49.4 Å². The molecule has 0 spiro atoms. The number of hydrogen-bond donors (Lipinski definition) is 3. The highest BCUT2D eigenvalue weighted by atomic mass is 16.5. The van der Waals surface area contributed by atoms with Gasteiger partial charge in [-0.3, -0.25) is 4.79 Å². The molecule has 2 unspecified atom stereocenters. The van der Waals surface area contributed by atoms with Crippen molar-refractivity contribution in [1.29, 1.82) is 0 Å². The van der Waals surface area contributed by atoms with E-state index in [1.165, 1.54) is 18.2 Å².